The Morgan fingerprint density at radius 3 is 2.42 bits per heavy atom. The molecule has 1 unspecified atom stereocenters. The largest absolute Gasteiger partial charge is 0.357 e. The lowest BCUT2D eigenvalue weighted by Crippen LogP contribution is -2.38. The van der Waals surface area contributed by atoms with Gasteiger partial charge in [0.15, 0.2) is 17.6 Å². The highest BCUT2D eigenvalue weighted by atomic mass is 127. The van der Waals surface area contributed by atoms with Crippen molar-refractivity contribution in [2.24, 2.45) is 4.99 Å². The van der Waals surface area contributed by atoms with Crippen molar-refractivity contribution in [3.05, 3.63) is 70.8 Å². The van der Waals surface area contributed by atoms with Crippen molar-refractivity contribution >= 4 is 35.8 Å². The van der Waals surface area contributed by atoms with Gasteiger partial charge in [-0.3, -0.25) is 9.79 Å². The molecule has 0 saturated heterocycles. The smallest absolute Gasteiger partial charge is 0.223 e. The molecule has 0 radical (unpaired) electrons. The number of benzene rings is 2. The number of rotatable bonds is 7. The van der Waals surface area contributed by atoms with Gasteiger partial charge in [-0.1, -0.05) is 30.3 Å². The van der Waals surface area contributed by atoms with E-state index >= 15 is 0 Å². The molecule has 0 fully saturated rings. The van der Waals surface area contributed by atoms with Crippen molar-refractivity contribution in [3.8, 4) is 0 Å². The molecule has 8 heteroatoms. The fraction of sp³-hybridized carbons (Fsp3) is 0.391. The summed E-state index contributed by atoms with van der Waals surface area (Å²) in [4.78, 5) is 18.9. The second-order valence-electron chi connectivity index (χ2n) is 7.42. The molecule has 1 amide bonds. The van der Waals surface area contributed by atoms with Crippen LogP contribution in [0.5, 0.6) is 0 Å². The van der Waals surface area contributed by atoms with E-state index in [2.05, 4.69) is 27.8 Å². The van der Waals surface area contributed by atoms with Gasteiger partial charge >= 0.3 is 0 Å². The van der Waals surface area contributed by atoms with Crippen LogP contribution < -0.4 is 10.6 Å². The first-order valence-corrected chi connectivity index (χ1v) is 10.3. The lowest BCUT2D eigenvalue weighted by molar-refractivity contribution is -0.131. The zero-order chi connectivity index (χ0) is 21.5. The predicted molar refractivity (Wildman–Crippen MR) is 129 cm³/mol. The van der Waals surface area contributed by atoms with Gasteiger partial charge in [0.25, 0.3) is 0 Å². The number of hydrogen-bond acceptors (Lipinski definition) is 2. The van der Waals surface area contributed by atoms with E-state index in [9.17, 15) is 13.6 Å². The van der Waals surface area contributed by atoms with Crippen molar-refractivity contribution in [1.82, 2.24) is 15.5 Å². The quantitative estimate of drug-likeness (QED) is 0.234. The van der Waals surface area contributed by atoms with E-state index in [-0.39, 0.29) is 35.9 Å². The first-order valence-electron chi connectivity index (χ1n) is 10.3. The van der Waals surface area contributed by atoms with Gasteiger partial charge in [0.05, 0.1) is 6.04 Å². The van der Waals surface area contributed by atoms with Crippen LogP contribution in [0.2, 0.25) is 0 Å². The number of hydrogen-bond donors (Lipinski definition) is 2. The van der Waals surface area contributed by atoms with Gasteiger partial charge < -0.3 is 15.5 Å². The molecule has 1 aliphatic heterocycles. The van der Waals surface area contributed by atoms with E-state index in [4.69, 9.17) is 0 Å². The summed E-state index contributed by atoms with van der Waals surface area (Å²) >= 11 is 0. The normalized spacial score (nSPS) is 13.9. The van der Waals surface area contributed by atoms with E-state index in [1.54, 1.807) is 6.07 Å². The molecule has 1 atom stereocenters. The van der Waals surface area contributed by atoms with Crippen molar-refractivity contribution in [2.45, 2.75) is 45.8 Å². The molecule has 2 aromatic rings. The van der Waals surface area contributed by atoms with Crippen LogP contribution in [0.3, 0.4) is 0 Å². The highest BCUT2D eigenvalue weighted by molar-refractivity contribution is 14.0. The molecule has 0 aliphatic carbocycles. The van der Waals surface area contributed by atoms with E-state index in [1.165, 1.54) is 17.2 Å². The third-order valence-corrected chi connectivity index (χ3v) is 5.15. The molecule has 1 aliphatic rings. The summed E-state index contributed by atoms with van der Waals surface area (Å²) in [5, 5.41) is 6.33. The monoisotopic (exact) mass is 542 g/mol. The molecule has 1 heterocycles. The molecule has 168 valence electrons. The average molecular weight is 542 g/mol. The maximum absolute atomic E-state index is 13.5. The topological polar surface area (TPSA) is 56.7 Å². The number of aliphatic imine (C=N–C) groups is 1. The summed E-state index contributed by atoms with van der Waals surface area (Å²) in [7, 11) is 0. The second-order valence-corrected chi connectivity index (χ2v) is 7.42. The number of carbonyl (C=O) groups excluding carboxylic acids is 1. The number of nitrogens with one attached hydrogen (secondary N) is 2. The van der Waals surface area contributed by atoms with Crippen molar-refractivity contribution in [2.75, 3.05) is 13.1 Å². The van der Waals surface area contributed by atoms with Gasteiger partial charge in [0.2, 0.25) is 5.91 Å². The maximum atomic E-state index is 13.5. The molecule has 5 nitrogen and oxygen atoms in total. The van der Waals surface area contributed by atoms with Crippen LogP contribution in [0.1, 0.15) is 49.4 Å². The number of amides is 1. The fourth-order valence-electron chi connectivity index (χ4n) is 3.48. The van der Waals surface area contributed by atoms with Crippen LogP contribution in [0.15, 0.2) is 47.5 Å². The van der Waals surface area contributed by atoms with Crippen LogP contribution in [0, 0.1) is 11.6 Å². The van der Waals surface area contributed by atoms with Gasteiger partial charge in [0, 0.05) is 32.6 Å². The lowest BCUT2D eigenvalue weighted by Gasteiger charge is -2.18. The summed E-state index contributed by atoms with van der Waals surface area (Å²) < 4.78 is 26.6. The van der Waals surface area contributed by atoms with Crippen molar-refractivity contribution in [1.29, 1.82) is 0 Å². The molecule has 0 bridgehead atoms. The Morgan fingerprint density at radius 1 is 1.13 bits per heavy atom. The maximum Gasteiger partial charge on any atom is 0.223 e. The number of guanidine groups is 1. The first-order chi connectivity index (χ1) is 14.5. The third-order valence-electron chi connectivity index (χ3n) is 5.15. The third kappa shape index (κ3) is 6.88. The summed E-state index contributed by atoms with van der Waals surface area (Å²) in [5.74, 6) is -1.02. The minimum Gasteiger partial charge on any atom is -0.357 e. The summed E-state index contributed by atoms with van der Waals surface area (Å²) in [6.07, 6.45) is 1.08. The van der Waals surface area contributed by atoms with E-state index in [0.29, 0.717) is 50.5 Å². The molecule has 31 heavy (non-hydrogen) atoms. The van der Waals surface area contributed by atoms with Crippen LogP contribution >= 0.6 is 24.0 Å². The zero-order valence-corrected chi connectivity index (χ0v) is 20.2. The molecule has 0 spiro atoms. The van der Waals surface area contributed by atoms with Crippen LogP contribution in [0.25, 0.3) is 0 Å². The lowest BCUT2D eigenvalue weighted by atomic mass is 10.1. The highest BCUT2D eigenvalue weighted by Gasteiger charge is 2.22. The van der Waals surface area contributed by atoms with Gasteiger partial charge in [-0.25, -0.2) is 8.78 Å². The number of carbonyl (C=O) groups is 1. The SMILES string of the molecule is CCNC(=NCCCC(=O)N1Cc2ccccc2C1)NC(C)c1ccc(F)c(F)c1.I. The Morgan fingerprint density at radius 2 is 1.81 bits per heavy atom. The summed E-state index contributed by atoms with van der Waals surface area (Å²) in [6.45, 7) is 6.32. The van der Waals surface area contributed by atoms with Crippen LogP contribution in [-0.4, -0.2) is 29.9 Å². The number of fused-ring (bicyclic) bond motifs is 1. The zero-order valence-electron chi connectivity index (χ0n) is 17.8. The molecule has 2 aromatic carbocycles. The molecular weight excluding hydrogens is 513 g/mol. The molecular formula is C23H29F2IN4O. The average Bonchev–Trinajstić information content (AvgIpc) is 3.17. The van der Waals surface area contributed by atoms with E-state index in [1.807, 2.05) is 30.9 Å². The summed E-state index contributed by atoms with van der Waals surface area (Å²) in [6, 6.07) is 11.7. The van der Waals surface area contributed by atoms with E-state index in [0.717, 1.165) is 6.07 Å². The van der Waals surface area contributed by atoms with Gasteiger partial charge in [0.1, 0.15) is 0 Å². The Kier molecular flexibility index (Phi) is 9.67. The van der Waals surface area contributed by atoms with Crippen LogP contribution in [-0.2, 0) is 17.9 Å². The first kappa shape index (κ1) is 25.0. The van der Waals surface area contributed by atoms with E-state index < -0.39 is 11.6 Å². The molecule has 3 rings (SSSR count). The Bertz CT molecular complexity index is 897. The summed E-state index contributed by atoms with van der Waals surface area (Å²) in [5.41, 5.74) is 3.06. The fourth-order valence-corrected chi connectivity index (χ4v) is 3.48. The van der Waals surface area contributed by atoms with Crippen LogP contribution in [0.4, 0.5) is 8.78 Å². The predicted octanol–water partition coefficient (Wildman–Crippen LogP) is 4.52. The van der Waals surface area contributed by atoms with Gasteiger partial charge in [-0.2, -0.15) is 0 Å². The molecule has 0 saturated carbocycles. The Labute approximate surface area is 199 Å². The Hall–Kier alpha value is -2.23. The standard InChI is InChI=1S/C23H28F2N4O.HI/c1-3-26-23(28-16(2)17-10-11-20(24)21(25)13-17)27-12-6-9-22(30)29-14-18-7-4-5-8-19(18)15-29;/h4-5,7-8,10-11,13,16H,3,6,9,12,14-15H2,1-2H3,(H2,26,27,28);1H. The number of nitrogens with zero attached hydrogens (tertiary/aromatic N) is 2. The minimum atomic E-state index is -0.870. The Balaban J connectivity index is 0.00000341. The highest BCUT2D eigenvalue weighted by Crippen LogP contribution is 2.23. The van der Waals surface area contributed by atoms with Gasteiger partial charge in [-0.05, 0) is 49.1 Å². The van der Waals surface area contributed by atoms with Crippen molar-refractivity contribution in [3.63, 3.8) is 0 Å². The van der Waals surface area contributed by atoms with Gasteiger partial charge in [-0.15, -0.1) is 24.0 Å². The minimum absolute atomic E-state index is 0. The number of halogens is 3. The van der Waals surface area contributed by atoms with Crippen molar-refractivity contribution < 1.29 is 13.6 Å². The molecule has 2 N–H and O–H groups in total. The molecule has 0 aromatic heterocycles. The second kappa shape index (κ2) is 12.0.